The average Bonchev–Trinajstić information content (AvgIpc) is 3.22. The molecule has 3 aromatic rings. The van der Waals surface area contributed by atoms with Crippen molar-refractivity contribution in [3.63, 3.8) is 0 Å². The van der Waals surface area contributed by atoms with Gasteiger partial charge in [0.25, 0.3) is 5.91 Å². The second-order valence-corrected chi connectivity index (χ2v) is 7.61. The summed E-state index contributed by atoms with van der Waals surface area (Å²) in [5.74, 6) is -0.683. The minimum Gasteiger partial charge on any atom is -0.465 e. The van der Waals surface area contributed by atoms with E-state index in [9.17, 15) is 14.4 Å². The second-order valence-electron chi connectivity index (χ2n) is 7.18. The van der Waals surface area contributed by atoms with Crippen molar-refractivity contribution in [2.24, 2.45) is 0 Å². The lowest BCUT2D eigenvalue weighted by Crippen LogP contribution is -2.29. The van der Waals surface area contributed by atoms with E-state index in [0.29, 0.717) is 22.8 Å². The first-order chi connectivity index (χ1) is 15.5. The molecule has 0 radical (unpaired) electrons. The zero-order valence-electron chi connectivity index (χ0n) is 17.2. The lowest BCUT2D eigenvalue weighted by molar-refractivity contribution is 0.0601. The van der Waals surface area contributed by atoms with Gasteiger partial charge in [-0.1, -0.05) is 35.9 Å². The SMILES string of the molecule is COC(=O)c1ccc(Cl)cc1NC(=O)Nc1ccc2c(c1)N(C(=O)c1ccccc1)CC2. The summed E-state index contributed by atoms with van der Waals surface area (Å²) in [6.45, 7) is 0.573. The summed E-state index contributed by atoms with van der Waals surface area (Å²) >= 11 is 6.01. The van der Waals surface area contributed by atoms with Crippen LogP contribution in [0.25, 0.3) is 0 Å². The highest BCUT2D eigenvalue weighted by Gasteiger charge is 2.26. The van der Waals surface area contributed by atoms with E-state index in [-0.39, 0.29) is 17.2 Å². The number of benzene rings is 3. The first-order valence-electron chi connectivity index (χ1n) is 9.92. The van der Waals surface area contributed by atoms with Gasteiger partial charge >= 0.3 is 12.0 Å². The smallest absolute Gasteiger partial charge is 0.339 e. The van der Waals surface area contributed by atoms with Gasteiger partial charge in [0.2, 0.25) is 0 Å². The molecule has 0 saturated heterocycles. The number of fused-ring (bicyclic) bond motifs is 1. The number of halogens is 1. The Labute approximate surface area is 189 Å². The van der Waals surface area contributed by atoms with Crippen LogP contribution in [0.15, 0.2) is 66.7 Å². The van der Waals surface area contributed by atoms with Gasteiger partial charge in [-0.15, -0.1) is 0 Å². The van der Waals surface area contributed by atoms with Crippen LogP contribution in [0.5, 0.6) is 0 Å². The van der Waals surface area contributed by atoms with Crippen LogP contribution in [-0.2, 0) is 11.2 Å². The molecule has 3 aromatic carbocycles. The molecule has 2 N–H and O–H groups in total. The summed E-state index contributed by atoms with van der Waals surface area (Å²) < 4.78 is 4.75. The Bertz CT molecular complexity index is 1200. The highest BCUT2D eigenvalue weighted by Crippen LogP contribution is 2.32. The zero-order chi connectivity index (χ0) is 22.7. The van der Waals surface area contributed by atoms with Crippen molar-refractivity contribution in [3.05, 3.63) is 88.4 Å². The summed E-state index contributed by atoms with van der Waals surface area (Å²) in [5, 5.41) is 5.73. The quantitative estimate of drug-likeness (QED) is 0.550. The monoisotopic (exact) mass is 449 g/mol. The van der Waals surface area contributed by atoms with Gasteiger partial charge in [0, 0.05) is 28.5 Å². The predicted octanol–water partition coefficient (Wildman–Crippen LogP) is 4.97. The number of hydrogen-bond donors (Lipinski definition) is 2. The third-order valence-electron chi connectivity index (χ3n) is 5.14. The molecule has 0 saturated carbocycles. The molecule has 1 aliphatic rings. The summed E-state index contributed by atoms with van der Waals surface area (Å²) in [5.41, 5.74) is 3.31. The Balaban J connectivity index is 1.52. The fourth-order valence-electron chi connectivity index (χ4n) is 3.60. The maximum Gasteiger partial charge on any atom is 0.339 e. The molecule has 0 fully saturated rings. The van der Waals surface area contributed by atoms with Crippen LogP contribution in [0.2, 0.25) is 5.02 Å². The summed E-state index contributed by atoms with van der Waals surface area (Å²) in [6.07, 6.45) is 0.741. The van der Waals surface area contributed by atoms with Crippen molar-refractivity contribution in [3.8, 4) is 0 Å². The Morgan fingerprint density at radius 1 is 0.969 bits per heavy atom. The number of amides is 3. The van der Waals surface area contributed by atoms with E-state index in [2.05, 4.69) is 10.6 Å². The summed E-state index contributed by atoms with van der Waals surface area (Å²) in [6, 6.07) is 18.4. The lowest BCUT2D eigenvalue weighted by Gasteiger charge is -2.18. The van der Waals surface area contributed by atoms with E-state index in [1.807, 2.05) is 24.3 Å². The van der Waals surface area contributed by atoms with Gasteiger partial charge in [-0.25, -0.2) is 9.59 Å². The number of ether oxygens (including phenoxy) is 1. The molecule has 7 nitrogen and oxygen atoms in total. The van der Waals surface area contributed by atoms with Crippen LogP contribution in [0, 0.1) is 0 Å². The molecular formula is C24H20ClN3O4. The molecule has 1 aliphatic heterocycles. The van der Waals surface area contributed by atoms with E-state index >= 15 is 0 Å². The van der Waals surface area contributed by atoms with E-state index in [1.165, 1.54) is 25.3 Å². The molecule has 3 amide bonds. The molecule has 0 aromatic heterocycles. The van der Waals surface area contributed by atoms with Gasteiger partial charge in [0.05, 0.1) is 18.4 Å². The van der Waals surface area contributed by atoms with Crippen molar-refractivity contribution in [2.45, 2.75) is 6.42 Å². The fourth-order valence-corrected chi connectivity index (χ4v) is 3.77. The number of anilines is 3. The minimum absolute atomic E-state index is 0.0902. The predicted molar refractivity (Wildman–Crippen MR) is 124 cm³/mol. The number of hydrogen-bond acceptors (Lipinski definition) is 4. The Hall–Kier alpha value is -3.84. The van der Waals surface area contributed by atoms with Crippen LogP contribution >= 0.6 is 11.6 Å². The van der Waals surface area contributed by atoms with E-state index in [1.54, 1.807) is 29.2 Å². The number of carbonyl (C=O) groups is 3. The number of nitrogens with zero attached hydrogens (tertiary/aromatic N) is 1. The van der Waals surface area contributed by atoms with Gasteiger partial charge in [-0.05, 0) is 54.4 Å². The zero-order valence-corrected chi connectivity index (χ0v) is 18.0. The lowest BCUT2D eigenvalue weighted by atomic mass is 10.1. The van der Waals surface area contributed by atoms with Crippen molar-refractivity contribution in [2.75, 3.05) is 29.2 Å². The van der Waals surface area contributed by atoms with Crippen molar-refractivity contribution < 1.29 is 19.1 Å². The normalized spacial score (nSPS) is 12.1. The number of urea groups is 1. The molecule has 0 atom stereocenters. The fraction of sp³-hybridized carbons (Fsp3) is 0.125. The molecule has 0 spiro atoms. The third kappa shape index (κ3) is 4.43. The maximum atomic E-state index is 12.9. The molecule has 0 aliphatic carbocycles. The highest BCUT2D eigenvalue weighted by atomic mass is 35.5. The molecule has 0 bridgehead atoms. The van der Waals surface area contributed by atoms with Crippen molar-refractivity contribution >= 4 is 46.6 Å². The minimum atomic E-state index is -0.593. The van der Waals surface area contributed by atoms with E-state index < -0.39 is 12.0 Å². The van der Waals surface area contributed by atoms with Crippen molar-refractivity contribution in [1.82, 2.24) is 0 Å². The number of carbonyl (C=O) groups excluding carboxylic acids is 3. The Morgan fingerprint density at radius 2 is 1.75 bits per heavy atom. The van der Waals surface area contributed by atoms with Crippen LogP contribution in [0.3, 0.4) is 0 Å². The van der Waals surface area contributed by atoms with Gasteiger partial charge in [0.1, 0.15) is 0 Å². The molecule has 1 heterocycles. The molecule has 0 unspecified atom stereocenters. The topological polar surface area (TPSA) is 87.7 Å². The Kier molecular flexibility index (Phi) is 6.09. The number of rotatable bonds is 4. The standard InChI is InChI=1S/C24H20ClN3O4/c1-32-23(30)19-10-8-17(25)13-20(19)27-24(31)26-18-9-7-15-11-12-28(21(15)14-18)22(29)16-5-3-2-4-6-16/h2-10,13-14H,11-12H2,1H3,(H2,26,27,31). The van der Waals surface area contributed by atoms with Crippen LogP contribution in [-0.4, -0.2) is 31.6 Å². The first-order valence-corrected chi connectivity index (χ1v) is 10.3. The first kappa shape index (κ1) is 21.4. The Morgan fingerprint density at radius 3 is 2.50 bits per heavy atom. The number of methoxy groups -OCH3 is 1. The van der Waals surface area contributed by atoms with Crippen LogP contribution in [0.1, 0.15) is 26.3 Å². The molecular weight excluding hydrogens is 430 g/mol. The molecule has 4 rings (SSSR count). The van der Waals surface area contributed by atoms with Crippen molar-refractivity contribution in [1.29, 1.82) is 0 Å². The molecule has 32 heavy (non-hydrogen) atoms. The number of nitrogens with one attached hydrogen (secondary N) is 2. The number of esters is 1. The van der Waals surface area contributed by atoms with Crippen LogP contribution < -0.4 is 15.5 Å². The van der Waals surface area contributed by atoms with Gasteiger partial charge in [-0.3, -0.25) is 4.79 Å². The van der Waals surface area contributed by atoms with E-state index in [4.69, 9.17) is 16.3 Å². The summed E-state index contributed by atoms with van der Waals surface area (Å²) in [4.78, 5) is 39.2. The van der Waals surface area contributed by atoms with Gasteiger partial charge in [-0.2, -0.15) is 0 Å². The second kappa shape index (κ2) is 9.11. The van der Waals surface area contributed by atoms with Gasteiger partial charge in [0.15, 0.2) is 0 Å². The third-order valence-corrected chi connectivity index (χ3v) is 5.37. The largest absolute Gasteiger partial charge is 0.465 e. The average molecular weight is 450 g/mol. The highest BCUT2D eigenvalue weighted by molar-refractivity contribution is 6.31. The molecule has 162 valence electrons. The van der Waals surface area contributed by atoms with Gasteiger partial charge < -0.3 is 20.3 Å². The van der Waals surface area contributed by atoms with Crippen LogP contribution in [0.4, 0.5) is 21.9 Å². The summed E-state index contributed by atoms with van der Waals surface area (Å²) in [7, 11) is 1.26. The molecule has 8 heteroatoms. The maximum absolute atomic E-state index is 12.9. The van der Waals surface area contributed by atoms with E-state index in [0.717, 1.165) is 17.7 Å².